The zero-order valence-corrected chi connectivity index (χ0v) is 46.1. The van der Waals surface area contributed by atoms with Crippen molar-refractivity contribution < 1.29 is 34.1 Å². The fourth-order valence-electron chi connectivity index (χ4n) is 11.9. The quantitative estimate of drug-likeness (QED) is 0.0777. The molecule has 18 heteroatoms. The van der Waals surface area contributed by atoms with Crippen LogP contribution in [0.1, 0.15) is 101 Å². The van der Waals surface area contributed by atoms with E-state index >= 15 is 0 Å². The molecule has 16 nitrogen and oxygen atoms in total. The second-order valence-electron chi connectivity index (χ2n) is 23.3. The molecule has 4 amide bonds. The Morgan fingerprint density at radius 1 is 0.947 bits per heavy atom. The number of β-amino-alcohol motifs (C(OH)–C–C–N with tert-alkyl or cyclic N) is 1. The van der Waals surface area contributed by atoms with Gasteiger partial charge in [0.2, 0.25) is 17.7 Å². The molecule has 0 spiro atoms. The summed E-state index contributed by atoms with van der Waals surface area (Å²) in [5.41, 5.74) is 2.37. The van der Waals surface area contributed by atoms with Crippen LogP contribution < -0.4 is 25.6 Å². The van der Waals surface area contributed by atoms with Gasteiger partial charge in [0.1, 0.15) is 35.8 Å². The van der Waals surface area contributed by atoms with Crippen molar-refractivity contribution in [3.8, 4) is 22.3 Å². The lowest BCUT2D eigenvalue weighted by atomic mass is 9.49. The van der Waals surface area contributed by atoms with Gasteiger partial charge < -0.3 is 45.6 Å². The number of aliphatic hydroxyl groups is 2. The summed E-state index contributed by atoms with van der Waals surface area (Å²) in [4.78, 5) is 69.5. The number of pyridine rings is 1. The minimum atomic E-state index is -0.972. The average Bonchev–Trinajstić information content (AvgIpc) is 4.18. The minimum absolute atomic E-state index is 0.0404. The number of anilines is 1. The molecule has 402 valence electrons. The Morgan fingerprint density at radius 3 is 2.27 bits per heavy atom. The molecule has 75 heavy (non-hydrogen) atoms. The number of hydrogen-bond donors (Lipinski definition) is 5. The number of aliphatic hydroxyl groups excluding tert-OH is 2. The van der Waals surface area contributed by atoms with Crippen molar-refractivity contribution in [2.45, 2.75) is 111 Å². The van der Waals surface area contributed by atoms with Gasteiger partial charge in [-0.2, -0.15) is 5.26 Å². The van der Waals surface area contributed by atoms with Gasteiger partial charge in [0.05, 0.1) is 41.4 Å². The van der Waals surface area contributed by atoms with Crippen LogP contribution in [0.15, 0.2) is 72.2 Å². The molecular weight excluding hydrogens is 990 g/mol. The number of hydrogen-bond acceptors (Lipinski definition) is 13. The van der Waals surface area contributed by atoms with Gasteiger partial charge in [-0.3, -0.25) is 24.1 Å². The molecule has 0 bridgehead atoms. The number of amides is 4. The summed E-state index contributed by atoms with van der Waals surface area (Å²) in [6.07, 6.45) is 2.67. The molecular formula is C57H74ClN9O7S. The monoisotopic (exact) mass is 1060 g/mol. The van der Waals surface area contributed by atoms with Crippen LogP contribution in [0.2, 0.25) is 5.02 Å². The molecule has 5 heterocycles. The molecule has 1 saturated carbocycles. The van der Waals surface area contributed by atoms with E-state index in [-0.39, 0.29) is 60.9 Å². The maximum atomic E-state index is 14.3. The zero-order valence-electron chi connectivity index (χ0n) is 44.6. The van der Waals surface area contributed by atoms with Gasteiger partial charge in [-0.15, -0.1) is 11.3 Å². The van der Waals surface area contributed by atoms with E-state index in [0.29, 0.717) is 40.9 Å². The van der Waals surface area contributed by atoms with E-state index in [4.69, 9.17) is 21.3 Å². The Bertz CT molecular complexity index is 2710. The molecule has 1 unspecified atom stereocenters. The summed E-state index contributed by atoms with van der Waals surface area (Å²) in [5, 5.41) is 41.9. The SMILES string of the molecule is Cc1ccsc1-c1ccc([C@H](CO)NC(=O)[C@@H]2C[C@@H](O)CN2C(=O)[C@@H](NC(=O)CN2CCN(CCC3CCN(c4ccc(C(=O)NC5C(C)(C)C(Oc6ccc(C#N)c(Cl)c6)C5(C)C)cn4)C3)CC2)C(C)(C)C)cc1. The normalized spacial score (nSPS) is 23.4. The van der Waals surface area contributed by atoms with Gasteiger partial charge >= 0.3 is 0 Å². The summed E-state index contributed by atoms with van der Waals surface area (Å²) in [6, 6.07) is 17.9. The second kappa shape index (κ2) is 22.9. The lowest BCUT2D eigenvalue weighted by Crippen LogP contribution is -2.74. The smallest absolute Gasteiger partial charge is 0.253 e. The number of benzene rings is 2. The lowest BCUT2D eigenvalue weighted by molar-refractivity contribution is -0.164. The van der Waals surface area contributed by atoms with E-state index in [1.54, 1.807) is 35.7 Å². The Kier molecular flexibility index (Phi) is 17.0. The maximum absolute atomic E-state index is 14.3. The first-order chi connectivity index (χ1) is 35.6. The first-order valence-electron chi connectivity index (χ1n) is 26.2. The van der Waals surface area contributed by atoms with Crippen LogP contribution in [0.3, 0.4) is 0 Å². The van der Waals surface area contributed by atoms with Crippen molar-refractivity contribution in [3.05, 3.63) is 99.5 Å². The standard InChI is InChI=1S/C57H74ClN9O7S/c1-35-19-26-75-48(35)38-11-9-37(10-12-38)44(34-68)61-51(72)45-27-41(69)32-67(45)52(73)49(55(2,3)4)62-47(70)33-65-24-22-64(23-25-65)20-17-36-18-21-66(31-36)46-16-14-40(30-60-46)50(71)63-53-56(5,6)54(57(53,7)8)74-42-15-13-39(29-59)43(58)28-42/h9-16,19,26,28,30,36,41,44-45,49,53-54,68-69H,17-18,20-25,27,31-34H2,1-8H3,(H,61,72)(H,62,70)(H,63,71)/t36?,41-,44+,45+,49-,53?,54?/m1/s1. The van der Waals surface area contributed by atoms with Crippen LogP contribution in [0.4, 0.5) is 5.82 Å². The number of thiophene rings is 1. The molecule has 4 aromatic rings. The largest absolute Gasteiger partial charge is 0.489 e. The highest BCUT2D eigenvalue weighted by Gasteiger charge is 2.64. The van der Waals surface area contributed by atoms with Crippen molar-refractivity contribution in [1.29, 1.82) is 5.26 Å². The van der Waals surface area contributed by atoms with Crippen LogP contribution >= 0.6 is 22.9 Å². The van der Waals surface area contributed by atoms with Crippen LogP contribution in [0.5, 0.6) is 5.75 Å². The number of piperazine rings is 1. The van der Waals surface area contributed by atoms with Gasteiger partial charge in [-0.05, 0) is 90.0 Å². The summed E-state index contributed by atoms with van der Waals surface area (Å²) in [5.74, 6) is 0.580. The van der Waals surface area contributed by atoms with Gasteiger partial charge in [0.25, 0.3) is 5.91 Å². The highest BCUT2D eigenvalue weighted by molar-refractivity contribution is 7.13. The van der Waals surface area contributed by atoms with Crippen LogP contribution in [0, 0.1) is 40.4 Å². The first kappa shape index (κ1) is 55.6. The van der Waals surface area contributed by atoms with Crippen LogP contribution in [-0.4, -0.2) is 149 Å². The number of nitrogens with zero attached hydrogens (tertiary/aromatic N) is 6. The van der Waals surface area contributed by atoms with Gasteiger partial charge in [0.15, 0.2) is 0 Å². The Morgan fingerprint density at radius 2 is 1.65 bits per heavy atom. The fourth-order valence-corrected chi connectivity index (χ4v) is 13.0. The summed E-state index contributed by atoms with van der Waals surface area (Å²) < 4.78 is 6.39. The molecule has 4 aliphatic rings. The molecule has 4 fully saturated rings. The first-order valence-corrected chi connectivity index (χ1v) is 27.5. The third-order valence-corrected chi connectivity index (χ3v) is 17.3. The lowest BCUT2D eigenvalue weighted by Gasteiger charge is -2.63. The van der Waals surface area contributed by atoms with Gasteiger partial charge in [0, 0.05) is 86.2 Å². The average molecular weight is 1060 g/mol. The third kappa shape index (κ3) is 12.5. The van der Waals surface area contributed by atoms with E-state index in [9.17, 15) is 34.7 Å². The number of carbonyl (C=O) groups is 4. The van der Waals surface area contributed by atoms with E-state index in [2.05, 4.69) is 77.4 Å². The molecule has 3 aliphatic heterocycles. The van der Waals surface area contributed by atoms with Crippen molar-refractivity contribution in [1.82, 2.24) is 35.6 Å². The number of nitrogens with one attached hydrogen (secondary N) is 3. The molecule has 5 atom stereocenters. The number of rotatable bonds is 17. The van der Waals surface area contributed by atoms with Crippen molar-refractivity contribution in [3.63, 3.8) is 0 Å². The van der Waals surface area contributed by atoms with E-state index < -0.39 is 41.5 Å². The van der Waals surface area contributed by atoms with Crippen molar-refractivity contribution >= 4 is 52.4 Å². The number of halogens is 1. The summed E-state index contributed by atoms with van der Waals surface area (Å²) in [7, 11) is 0. The van der Waals surface area contributed by atoms with Crippen LogP contribution in [-0.2, 0) is 14.4 Å². The van der Waals surface area contributed by atoms with E-state index in [1.165, 1.54) is 10.5 Å². The molecule has 5 N–H and O–H groups in total. The van der Waals surface area contributed by atoms with Crippen molar-refractivity contribution in [2.24, 2.45) is 22.2 Å². The number of nitriles is 1. The Labute approximate surface area is 450 Å². The predicted molar refractivity (Wildman–Crippen MR) is 291 cm³/mol. The molecule has 3 saturated heterocycles. The van der Waals surface area contributed by atoms with Crippen LogP contribution in [0.25, 0.3) is 10.4 Å². The topological polar surface area (TPSA) is 204 Å². The predicted octanol–water partition coefficient (Wildman–Crippen LogP) is 6.43. The van der Waals surface area contributed by atoms with Crippen molar-refractivity contribution in [2.75, 3.05) is 70.4 Å². The highest BCUT2D eigenvalue weighted by Crippen LogP contribution is 2.55. The Hall–Kier alpha value is -5.61. The third-order valence-electron chi connectivity index (χ3n) is 16.0. The van der Waals surface area contributed by atoms with E-state index in [1.807, 2.05) is 62.5 Å². The highest BCUT2D eigenvalue weighted by atomic mass is 35.5. The zero-order chi connectivity index (χ0) is 54.0. The Balaban J connectivity index is 0.761. The minimum Gasteiger partial charge on any atom is -0.489 e. The maximum Gasteiger partial charge on any atom is 0.253 e. The molecule has 0 radical (unpaired) electrons. The number of carbonyl (C=O) groups excluding carboxylic acids is 4. The number of aromatic nitrogens is 1. The van der Waals surface area contributed by atoms with Gasteiger partial charge in [-0.1, -0.05) is 84.3 Å². The summed E-state index contributed by atoms with van der Waals surface area (Å²) >= 11 is 7.92. The van der Waals surface area contributed by atoms with Gasteiger partial charge in [-0.25, -0.2) is 4.98 Å². The number of ether oxygens (including phenoxy) is 1. The van der Waals surface area contributed by atoms with E-state index in [0.717, 1.165) is 67.4 Å². The second-order valence-corrected chi connectivity index (χ2v) is 24.6. The molecule has 2 aromatic carbocycles. The molecule has 1 aliphatic carbocycles. The number of likely N-dealkylation sites (tertiary alicyclic amines) is 1. The molecule has 8 rings (SSSR count). The summed E-state index contributed by atoms with van der Waals surface area (Å²) in [6.45, 7) is 21.5. The fraction of sp³-hybridized carbons (Fsp3) is 0.544. The number of aryl methyl sites for hydroxylation is 1. The molecule has 2 aromatic heterocycles.